The van der Waals surface area contributed by atoms with Crippen LogP contribution in [0.4, 0.5) is 11.4 Å². The Bertz CT molecular complexity index is 951. The highest BCUT2D eigenvalue weighted by atomic mass is 35.5. The molecule has 1 aromatic heterocycles. The normalized spacial score (nSPS) is 15.7. The molecule has 2 aromatic rings. The number of anilines is 2. The molecule has 0 unspecified atom stereocenters. The van der Waals surface area contributed by atoms with Crippen LogP contribution in [0.3, 0.4) is 0 Å². The van der Waals surface area contributed by atoms with Gasteiger partial charge in [0.2, 0.25) is 0 Å². The monoisotopic (exact) mass is 415 g/mol. The number of hydrogen-bond donors (Lipinski definition) is 2. The molecule has 0 spiro atoms. The molecule has 0 bridgehead atoms. The summed E-state index contributed by atoms with van der Waals surface area (Å²) in [7, 11) is -3.30. The SMILES string of the molecule is Cn1nc(C(=O)O)c(N(c2ccc(Cl)cc2)S(=O)(=O)O)c1C1CCOCC1. The Labute approximate surface area is 161 Å². The van der Waals surface area contributed by atoms with E-state index in [0.29, 0.717) is 41.1 Å². The fourth-order valence-corrected chi connectivity index (χ4v) is 4.18. The largest absolute Gasteiger partial charge is 0.476 e. The first-order valence-electron chi connectivity index (χ1n) is 8.11. The number of aromatic carboxylic acids is 1. The molecular weight excluding hydrogens is 398 g/mol. The van der Waals surface area contributed by atoms with Crippen LogP contribution in [0.2, 0.25) is 5.02 Å². The summed E-state index contributed by atoms with van der Waals surface area (Å²) in [6.07, 6.45) is 1.15. The van der Waals surface area contributed by atoms with Crippen molar-refractivity contribution in [1.29, 1.82) is 0 Å². The molecule has 0 amide bonds. The van der Waals surface area contributed by atoms with E-state index in [1.54, 1.807) is 7.05 Å². The predicted molar refractivity (Wildman–Crippen MR) is 98.1 cm³/mol. The molecule has 1 aliphatic rings. The van der Waals surface area contributed by atoms with Crippen LogP contribution in [0, 0.1) is 0 Å². The molecule has 9 nitrogen and oxygen atoms in total. The van der Waals surface area contributed by atoms with Gasteiger partial charge < -0.3 is 9.84 Å². The summed E-state index contributed by atoms with van der Waals surface area (Å²) >= 11 is 5.86. The highest BCUT2D eigenvalue weighted by molar-refractivity contribution is 7.87. The molecule has 1 aliphatic heterocycles. The second-order valence-electron chi connectivity index (χ2n) is 6.12. The Morgan fingerprint density at radius 1 is 1.30 bits per heavy atom. The number of carboxylic acids is 1. The smallest absolute Gasteiger partial charge is 0.364 e. The Morgan fingerprint density at radius 3 is 2.41 bits per heavy atom. The molecule has 1 saturated heterocycles. The van der Waals surface area contributed by atoms with Crippen molar-refractivity contribution in [3.8, 4) is 0 Å². The van der Waals surface area contributed by atoms with Crippen molar-refractivity contribution in [2.24, 2.45) is 7.05 Å². The van der Waals surface area contributed by atoms with Crippen LogP contribution in [-0.2, 0) is 22.1 Å². The third-order valence-corrected chi connectivity index (χ3v) is 5.48. The van der Waals surface area contributed by atoms with E-state index >= 15 is 0 Å². The van der Waals surface area contributed by atoms with E-state index < -0.39 is 22.0 Å². The van der Waals surface area contributed by atoms with Gasteiger partial charge in [0, 0.05) is 31.2 Å². The maximum Gasteiger partial charge on any atom is 0.364 e. The van der Waals surface area contributed by atoms with E-state index in [-0.39, 0.29) is 17.3 Å². The van der Waals surface area contributed by atoms with Gasteiger partial charge in [-0.15, -0.1) is 0 Å². The number of halogens is 1. The molecule has 146 valence electrons. The van der Waals surface area contributed by atoms with Gasteiger partial charge in [-0.25, -0.2) is 9.10 Å². The summed E-state index contributed by atoms with van der Waals surface area (Å²) in [5.74, 6) is -1.57. The Balaban J connectivity index is 2.27. The summed E-state index contributed by atoms with van der Waals surface area (Å²) < 4.78 is 41.6. The third-order valence-electron chi connectivity index (χ3n) is 4.37. The van der Waals surface area contributed by atoms with Crippen LogP contribution in [0.25, 0.3) is 0 Å². The van der Waals surface area contributed by atoms with Crippen LogP contribution in [-0.4, -0.2) is 47.0 Å². The third kappa shape index (κ3) is 3.93. The molecule has 3 rings (SSSR count). The van der Waals surface area contributed by atoms with E-state index in [1.165, 1.54) is 28.9 Å². The lowest BCUT2D eigenvalue weighted by atomic mass is 9.94. The predicted octanol–water partition coefficient (Wildman–Crippen LogP) is 2.61. The standard InChI is InChI=1S/C16H18ClN3O6S/c1-19-14(10-6-8-26-9-7-10)15(13(18-19)16(21)22)20(27(23,24)25)12-4-2-11(17)3-5-12/h2-5,10H,6-9H2,1H3,(H,21,22)(H,23,24,25). The maximum atomic E-state index is 12.2. The van der Waals surface area contributed by atoms with Crippen LogP contribution in [0.15, 0.2) is 24.3 Å². The first kappa shape index (κ1) is 19.6. The second kappa shape index (κ2) is 7.47. The number of benzene rings is 1. The molecule has 0 atom stereocenters. The number of ether oxygens (including phenoxy) is 1. The summed E-state index contributed by atoms with van der Waals surface area (Å²) in [5, 5.41) is 13.9. The molecule has 1 aromatic carbocycles. The van der Waals surface area contributed by atoms with Gasteiger partial charge >= 0.3 is 16.3 Å². The lowest BCUT2D eigenvalue weighted by Gasteiger charge is -2.27. The zero-order valence-electron chi connectivity index (χ0n) is 14.4. The van der Waals surface area contributed by atoms with E-state index in [4.69, 9.17) is 16.3 Å². The summed E-state index contributed by atoms with van der Waals surface area (Å²) in [6, 6.07) is 5.64. The number of carboxylic acid groups (broad SMARTS) is 1. The van der Waals surface area contributed by atoms with Gasteiger partial charge in [-0.1, -0.05) is 11.6 Å². The van der Waals surface area contributed by atoms with Crippen molar-refractivity contribution in [2.45, 2.75) is 18.8 Å². The van der Waals surface area contributed by atoms with E-state index in [2.05, 4.69) is 5.10 Å². The van der Waals surface area contributed by atoms with Gasteiger partial charge in [-0.3, -0.25) is 9.23 Å². The van der Waals surface area contributed by atoms with E-state index in [1.807, 2.05) is 0 Å². The summed E-state index contributed by atoms with van der Waals surface area (Å²) in [5.41, 5.74) is -0.192. The molecule has 2 N–H and O–H groups in total. The molecule has 0 radical (unpaired) electrons. The quantitative estimate of drug-likeness (QED) is 0.719. The van der Waals surface area contributed by atoms with Crippen molar-refractivity contribution < 1.29 is 27.6 Å². The molecule has 0 aliphatic carbocycles. The van der Waals surface area contributed by atoms with Crippen molar-refractivity contribution in [3.05, 3.63) is 40.7 Å². The lowest BCUT2D eigenvalue weighted by Crippen LogP contribution is -2.28. The molecule has 1 fully saturated rings. The van der Waals surface area contributed by atoms with Crippen molar-refractivity contribution in [2.75, 3.05) is 17.5 Å². The van der Waals surface area contributed by atoms with Gasteiger partial charge in [0.25, 0.3) is 0 Å². The van der Waals surface area contributed by atoms with Crippen LogP contribution < -0.4 is 4.31 Å². The Hall–Kier alpha value is -2.14. The second-order valence-corrected chi connectivity index (χ2v) is 7.81. The van der Waals surface area contributed by atoms with Crippen LogP contribution in [0.5, 0.6) is 0 Å². The molecular formula is C16H18ClN3O6S. The zero-order chi connectivity index (χ0) is 19.8. The first-order valence-corrected chi connectivity index (χ1v) is 9.89. The van der Waals surface area contributed by atoms with Crippen molar-refractivity contribution >= 4 is 39.2 Å². The van der Waals surface area contributed by atoms with Gasteiger partial charge in [0.1, 0.15) is 5.69 Å². The average molecular weight is 416 g/mol. The molecule has 27 heavy (non-hydrogen) atoms. The van der Waals surface area contributed by atoms with Gasteiger partial charge in [-0.05, 0) is 37.1 Å². The number of carbonyl (C=O) groups is 1. The summed E-state index contributed by atoms with van der Waals surface area (Å²) in [4.78, 5) is 11.8. The first-order chi connectivity index (χ1) is 12.7. The molecule has 0 saturated carbocycles. The Kier molecular flexibility index (Phi) is 5.43. The van der Waals surface area contributed by atoms with E-state index in [0.717, 1.165) is 0 Å². The van der Waals surface area contributed by atoms with Crippen molar-refractivity contribution in [1.82, 2.24) is 9.78 Å². The van der Waals surface area contributed by atoms with Crippen LogP contribution >= 0.6 is 11.6 Å². The van der Waals surface area contributed by atoms with Gasteiger partial charge in [-0.2, -0.15) is 13.5 Å². The fraction of sp³-hybridized carbons (Fsp3) is 0.375. The fourth-order valence-electron chi connectivity index (χ4n) is 3.25. The number of aryl methyl sites for hydroxylation is 1. The van der Waals surface area contributed by atoms with E-state index in [9.17, 15) is 22.9 Å². The minimum atomic E-state index is -4.85. The summed E-state index contributed by atoms with van der Waals surface area (Å²) in [6.45, 7) is 0.926. The highest BCUT2D eigenvalue weighted by Gasteiger charge is 2.36. The molecule has 11 heteroatoms. The minimum absolute atomic E-state index is 0.0470. The minimum Gasteiger partial charge on any atom is -0.476 e. The Morgan fingerprint density at radius 2 is 1.89 bits per heavy atom. The highest BCUT2D eigenvalue weighted by Crippen LogP contribution is 2.40. The topological polar surface area (TPSA) is 122 Å². The number of rotatable bonds is 5. The van der Waals surface area contributed by atoms with Gasteiger partial charge in [0.05, 0.1) is 11.4 Å². The number of hydrogen-bond acceptors (Lipinski definition) is 5. The average Bonchev–Trinajstić information content (AvgIpc) is 2.93. The van der Waals surface area contributed by atoms with Crippen LogP contribution in [0.1, 0.15) is 34.9 Å². The number of aromatic nitrogens is 2. The molecule has 2 heterocycles. The zero-order valence-corrected chi connectivity index (χ0v) is 15.9. The van der Waals surface area contributed by atoms with Gasteiger partial charge in [0.15, 0.2) is 5.69 Å². The maximum absolute atomic E-state index is 12.2. The van der Waals surface area contributed by atoms with Crippen molar-refractivity contribution in [3.63, 3.8) is 0 Å². The number of nitrogens with zero attached hydrogens (tertiary/aromatic N) is 3. The lowest BCUT2D eigenvalue weighted by molar-refractivity contribution is 0.0690.